The van der Waals surface area contributed by atoms with Gasteiger partial charge < -0.3 is 5.32 Å². The third-order valence-electron chi connectivity index (χ3n) is 2.45. The van der Waals surface area contributed by atoms with Gasteiger partial charge in [-0.2, -0.15) is 0 Å². The summed E-state index contributed by atoms with van der Waals surface area (Å²) in [7, 11) is -3.22. The summed E-state index contributed by atoms with van der Waals surface area (Å²) in [4.78, 5) is 17.0. The van der Waals surface area contributed by atoms with Crippen molar-refractivity contribution in [3.63, 3.8) is 0 Å². The van der Waals surface area contributed by atoms with Crippen LogP contribution in [0.4, 0.5) is 0 Å². The largest absolute Gasteiger partial charge is 0.356 e. The Morgan fingerprint density at radius 3 is 2.53 bits per heavy atom. The fraction of sp³-hybridized carbons (Fsp3) is 0.636. The van der Waals surface area contributed by atoms with Crippen molar-refractivity contribution in [2.45, 2.75) is 26.7 Å². The molecule has 1 aromatic heterocycles. The highest BCUT2D eigenvalue weighted by Gasteiger charge is 2.06. The van der Waals surface area contributed by atoms with Crippen LogP contribution in [0.2, 0.25) is 0 Å². The zero-order valence-corrected chi connectivity index (χ0v) is 12.9. The fourth-order valence-corrected chi connectivity index (χ4v) is 2.80. The van der Waals surface area contributed by atoms with E-state index in [0.29, 0.717) is 13.0 Å². The molecule has 0 saturated heterocycles. The zero-order chi connectivity index (χ0) is 14.5. The first kappa shape index (κ1) is 16.1. The minimum atomic E-state index is -3.22. The van der Waals surface area contributed by atoms with Crippen molar-refractivity contribution in [3.8, 4) is 0 Å². The van der Waals surface area contributed by atoms with Gasteiger partial charge in [0.15, 0.2) is 0 Å². The summed E-state index contributed by atoms with van der Waals surface area (Å²) in [5.74, 6) is -0.166. The van der Waals surface area contributed by atoms with Gasteiger partial charge in [-0.3, -0.25) is 4.79 Å². The van der Waals surface area contributed by atoms with Crippen molar-refractivity contribution < 1.29 is 13.2 Å². The molecule has 0 fully saturated rings. The van der Waals surface area contributed by atoms with Crippen LogP contribution in [0.3, 0.4) is 0 Å². The number of aromatic nitrogens is 1. The molecule has 0 aromatic carbocycles. The van der Waals surface area contributed by atoms with Crippen LogP contribution in [0, 0.1) is 13.8 Å². The Hall–Kier alpha value is -0.990. The molecule has 0 aliphatic heterocycles. The van der Waals surface area contributed by atoms with Crippen LogP contribution in [0.1, 0.15) is 22.0 Å². The Labute approximate surface area is 117 Å². The van der Waals surface area contributed by atoms with Crippen molar-refractivity contribution in [1.29, 1.82) is 0 Å². The van der Waals surface area contributed by atoms with Gasteiger partial charge in [-0.05, 0) is 13.8 Å². The third-order valence-corrected chi connectivity index (χ3v) is 4.31. The first-order valence-electron chi connectivity index (χ1n) is 5.92. The van der Waals surface area contributed by atoms with Crippen LogP contribution < -0.4 is 10.0 Å². The summed E-state index contributed by atoms with van der Waals surface area (Å²) in [5, 5.41) is 3.74. The highest BCUT2D eigenvalue weighted by Crippen LogP contribution is 2.16. The van der Waals surface area contributed by atoms with Crippen molar-refractivity contribution >= 4 is 27.3 Å². The number of thiazole rings is 1. The Kier molecular flexibility index (Phi) is 5.89. The highest BCUT2D eigenvalue weighted by molar-refractivity contribution is 7.88. The van der Waals surface area contributed by atoms with Gasteiger partial charge >= 0.3 is 0 Å². The van der Waals surface area contributed by atoms with Gasteiger partial charge in [0.05, 0.1) is 17.0 Å². The van der Waals surface area contributed by atoms with Gasteiger partial charge in [0.2, 0.25) is 15.9 Å². The van der Waals surface area contributed by atoms with Crippen LogP contribution in [0.5, 0.6) is 0 Å². The summed E-state index contributed by atoms with van der Waals surface area (Å²) in [6.07, 6.45) is 1.91. The second kappa shape index (κ2) is 6.97. The molecule has 19 heavy (non-hydrogen) atoms. The maximum atomic E-state index is 11.4. The van der Waals surface area contributed by atoms with E-state index in [9.17, 15) is 13.2 Å². The molecule has 8 heteroatoms. The average Bonchev–Trinajstić information content (AvgIpc) is 2.56. The van der Waals surface area contributed by atoms with Crippen molar-refractivity contribution in [1.82, 2.24) is 15.0 Å². The highest BCUT2D eigenvalue weighted by atomic mass is 32.2. The van der Waals surface area contributed by atoms with Crippen molar-refractivity contribution in [2.75, 3.05) is 19.3 Å². The van der Waals surface area contributed by atoms with E-state index >= 15 is 0 Å². The van der Waals surface area contributed by atoms with Crippen LogP contribution >= 0.6 is 11.3 Å². The topological polar surface area (TPSA) is 88.2 Å². The number of amides is 1. The zero-order valence-electron chi connectivity index (χ0n) is 11.3. The maximum Gasteiger partial charge on any atom is 0.221 e. The average molecular weight is 305 g/mol. The second-order valence-corrected chi connectivity index (χ2v) is 7.39. The molecule has 0 unspecified atom stereocenters. The standard InChI is InChI=1S/C11H19N3O3S2/c1-8-9(2)18-11(14-8)5-6-12-10(15)4-7-13-19(3,16)17/h13H,4-7H2,1-3H3,(H,12,15). The van der Waals surface area contributed by atoms with E-state index in [1.807, 2.05) is 13.8 Å². The molecule has 2 N–H and O–H groups in total. The normalized spacial score (nSPS) is 11.5. The van der Waals surface area contributed by atoms with Crippen molar-refractivity contribution in [3.05, 3.63) is 15.6 Å². The van der Waals surface area contributed by atoms with Crippen LogP contribution in [-0.4, -0.2) is 38.7 Å². The summed E-state index contributed by atoms with van der Waals surface area (Å²) in [6.45, 7) is 4.63. The number of nitrogens with zero attached hydrogens (tertiary/aromatic N) is 1. The first-order chi connectivity index (χ1) is 8.78. The number of aryl methyl sites for hydroxylation is 2. The first-order valence-corrected chi connectivity index (χ1v) is 8.63. The monoisotopic (exact) mass is 305 g/mol. The molecule has 0 spiro atoms. The van der Waals surface area contributed by atoms with E-state index in [1.54, 1.807) is 11.3 Å². The van der Waals surface area contributed by atoms with Crippen LogP contribution in [-0.2, 0) is 21.2 Å². The molecule has 1 aromatic rings. The van der Waals surface area contributed by atoms with Gasteiger partial charge in [0.1, 0.15) is 0 Å². The van der Waals surface area contributed by atoms with Gasteiger partial charge in [-0.15, -0.1) is 11.3 Å². The van der Waals surface area contributed by atoms with E-state index in [4.69, 9.17) is 0 Å². The molecule has 0 aliphatic rings. The van der Waals surface area contributed by atoms with E-state index < -0.39 is 10.0 Å². The number of rotatable bonds is 7. The molecule has 0 atom stereocenters. The van der Waals surface area contributed by atoms with Crippen LogP contribution in [0.25, 0.3) is 0 Å². The number of nitrogens with one attached hydrogen (secondary N) is 2. The summed E-state index contributed by atoms with van der Waals surface area (Å²) in [6, 6.07) is 0. The van der Waals surface area contributed by atoms with Crippen LogP contribution in [0.15, 0.2) is 0 Å². The van der Waals surface area contributed by atoms with E-state index in [2.05, 4.69) is 15.0 Å². The maximum absolute atomic E-state index is 11.4. The SMILES string of the molecule is Cc1nc(CCNC(=O)CCNS(C)(=O)=O)sc1C. The predicted molar refractivity (Wildman–Crippen MR) is 75.8 cm³/mol. The molecule has 108 valence electrons. The van der Waals surface area contributed by atoms with Gasteiger partial charge in [0.25, 0.3) is 0 Å². The second-order valence-electron chi connectivity index (χ2n) is 4.27. The molecule has 1 heterocycles. The Bertz CT molecular complexity index is 518. The molecule has 1 rings (SSSR count). The van der Waals surface area contributed by atoms with Crippen molar-refractivity contribution in [2.24, 2.45) is 0 Å². The van der Waals surface area contributed by atoms with Gasteiger partial charge in [-0.1, -0.05) is 0 Å². The quantitative estimate of drug-likeness (QED) is 0.761. The number of sulfonamides is 1. The molecular weight excluding hydrogens is 286 g/mol. The van der Waals surface area contributed by atoms with E-state index in [1.165, 1.54) is 4.88 Å². The van der Waals surface area contributed by atoms with E-state index in [0.717, 1.165) is 17.0 Å². The lowest BCUT2D eigenvalue weighted by atomic mass is 10.3. The Morgan fingerprint density at radius 2 is 2.00 bits per heavy atom. The molecule has 0 saturated carbocycles. The van der Waals surface area contributed by atoms with E-state index in [-0.39, 0.29) is 18.9 Å². The Morgan fingerprint density at radius 1 is 1.32 bits per heavy atom. The fourth-order valence-electron chi connectivity index (χ4n) is 1.39. The lowest BCUT2D eigenvalue weighted by Crippen LogP contribution is -2.31. The molecule has 0 aliphatic carbocycles. The molecule has 0 bridgehead atoms. The number of carbonyl (C=O) groups is 1. The lowest BCUT2D eigenvalue weighted by Gasteiger charge is -2.04. The predicted octanol–water partition coefficient (Wildman–Crippen LogP) is 0.358. The summed E-state index contributed by atoms with van der Waals surface area (Å²) < 4.78 is 23.9. The smallest absolute Gasteiger partial charge is 0.221 e. The molecule has 6 nitrogen and oxygen atoms in total. The minimum Gasteiger partial charge on any atom is -0.356 e. The third kappa shape index (κ3) is 6.65. The lowest BCUT2D eigenvalue weighted by molar-refractivity contribution is -0.120. The summed E-state index contributed by atoms with van der Waals surface area (Å²) in [5.41, 5.74) is 1.03. The number of hydrogen-bond donors (Lipinski definition) is 2. The minimum absolute atomic E-state index is 0.125. The molecule has 0 radical (unpaired) electrons. The molecular formula is C11H19N3O3S2. The summed E-state index contributed by atoms with van der Waals surface area (Å²) >= 11 is 1.63. The number of hydrogen-bond acceptors (Lipinski definition) is 5. The van der Waals surface area contributed by atoms with Gasteiger partial charge in [-0.25, -0.2) is 18.1 Å². The molecule has 1 amide bonds. The number of carbonyl (C=O) groups excluding carboxylic acids is 1. The van der Waals surface area contributed by atoms with Gasteiger partial charge in [0, 0.05) is 30.8 Å². The Balaban J connectivity index is 2.20.